The second kappa shape index (κ2) is 8.52. The molecule has 5 nitrogen and oxygen atoms in total. The molecular weight excluding hydrogens is 398 g/mol. The summed E-state index contributed by atoms with van der Waals surface area (Å²) < 4.78 is 1.94. The summed E-state index contributed by atoms with van der Waals surface area (Å²) in [6.45, 7) is 3.69. The Morgan fingerprint density at radius 2 is 1.90 bits per heavy atom. The molecule has 156 valence electrons. The first-order valence-corrected chi connectivity index (χ1v) is 10.7. The van der Waals surface area contributed by atoms with Crippen molar-refractivity contribution in [2.45, 2.75) is 19.8 Å². The van der Waals surface area contributed by atoms with Gasteiger partial charge in [0.15, 0.2) is 0 Å². The molecule has 2 aromatic carbocycles. The van der Waals surface area contributed by atoms with Crippen molar-refractivity contribution in [3.8, 4) is 0 Å². The van der Waals surface area contributed by atoms with Gasteiger partial charge in [0.2, 0.25) is 5.91 Å². The first kappa shape index (κ1) is 20.5. The Hall–Kier alpha value is -2.79. The molecule has 0 spiro atoms. The monoisotopic (exact) mass is 423 g/mol. The Morgan fingerprint density at radius 1 is 1.13 bits per heavy atom. The maximum atomic E-state index is 13.1. The number of halogens is 1. The fourth-order valence-corrected chi connectivity index (χ4v) is 4.25. The van der Waals surface area contributed by atoms with Crippen molar-refractivity contribution in [2.75, 3.05) is 19.6 Å². The fourth-order valence-electron chi connectivity index (χ4n) is 4.12. The topological polar surface area (TPSA) is 54.3 Å². The molecule has 0 unspecified atom stereocenters. The van der Waals surface area contributed by atoms with Crippen molar-refractivity contribution in [2.24, 2.45) is 13.0 Å². The van der Waals surface area contributed by atoms with Crippen LogP contribution in [-0.4, -0.2) is 40.9 Å². The minimum Gasteiger partial charge on any atom is -0.355 e. The van der Waals surface area contributed by atoms with Crippen LogP contribution in [0.3, 0.4) is 0 Å². The average Bonchev–Trinajstić information content (AvgIpc) is 3.34. The SMILES string of the molecule is Cc1ccc2c(c1)cc(C(=O)N1CC[C@H](C(=O)NCCc3ccc(Cl)cc3)C1)n2C. The third kappa shape index (κ3) is 4.21. The Balaban J connectivity index is 1.34. The van der Waals surface area contributed by atoms with Crippen LogP contribution in [0, 0.1) is 12.8 Å². The van der Waals surface area contributed by atoms with E-state index < -0.39 is 0 Å². The maximum absolute atomic E-state index is 13.1. The van der Waals surface area contributed by atoms with Crippen LogP contribution >= 0.6 is 11.6 Å². The Bertz CT molecular complexity index is 1090. The summed E-state index contributed by atoms with van der Waals surface area (Å²) in [5.74, 6) is -0.147. The van der Waals surface area contributed by atoms with Crippen molar-refractivity contribution < 1.29 is 9.59 Å². The van der Waals surface area contributed by atoms with E-state index in [2.05, 4.69) is 17.4 Å². The number of carbonyl (C=O) groups excluding carboxylic acids is 2. The van der Waals surface area contributed by atoms with E-state index in [-0.39, 0.29) is 17.7 Å². The van der Waals surface area contributed by atoms with Crippen LogP contribution < -0.4 is 5.32 Å². The minimum absolute atomic E-state index is 0.0113. The van der Waals surface area contributed by atoms with Gasteiger partial charge in [0.1, 0.15) is 5.69 Å². The summed E-state index contributed by atoms with van der Waals surface area (Å²) in [7, 11) is 1.92. The summed E-state index contributed by atoms with van der Waals surface area (Å²) >= 11 is 5.90. The average molecular weight is 424 g/mol. The van der Waals surface area contributed by atoms with E-state index in [9.17, 15) is 9.59 Å². The van der Waals surface area contributed by atoms with Gasteiger partial charge in [0.25, 0.3) is 5.91 Å². The molecule has 1 saturated heterocycles. The van der Waals surface area contributed by atoms with E-state index in [0.717, 1.165) is 22.9 Å². The molecule has 0 saturated carbocycles. The summed E-state index contributed by atoms with van der Waals surface area (Å²) in [6, 6.07) is 15.8. The lowest BCUT2D eigenvalue weighted by Gasteiger charge is -2.17. The molecule has 6 heteroatoms. The van der Waals surface area contributed by atoms with Crippen LogP contribution in [0.15, 0.2) is 48.5 Å². The van der Waals surface area contributed by atoms with Crippen molar-refractivity contribution in [1.82, 2.24) is 14.8 Å². The maximum Gasteiger partial charge on any atom is 0.270 e. The van der Waals surface area contributed by atoms with Crippen LogP contribution in [0.5, 0.6) is 0 Å². The van der Waals surface area contributed by atoms with E-state index in [1.807, 2.05) is 54.9 Å². The van der Waals surface area contributed by atoms with Crippen LogP contribution in [0.1, 0.15) is 28.0 Å². The molecule has 0 aliphatic carbocycles. The molecule has 0 bridgehead atoms. The Kier molecular flexibility index (Phi) is 5.82. The van der Waals surface area contributed by atoms with Crippen LogP contribution in [0.2, 0.25) is 5.02 Å². The summed E-state index contributed by atoms with van der Waals surface area (Å²) in [6.07, 6.45) is 1.45. The van der Waals surface area contributed by atoms with Gasteiger partial charge >= 0.3 is 0 Å². The molecule has 1 fully saturated rings. The number of nitrogens with zero attached hydrogens (tertiary/aromatic N) is 2. The highest BCUT2D eigenvalue weighted by molar-refractivity contribution is 6.30. The van der Waals surface area contributed by atoms with E-state index in [4.69, 9.17) is 11.6 Å². The zero-order chi connectivity index (χ0) is 21.3. The van der Waals surface area contributed by atoms with Crippen molar-refractivity contribution in [3.63, 3.8) is 0 Å². The third-order valence-corrected chi connectivity index (χ3v) is 6.14. The second-order valence-electron chi connectivity index (χ2n) is 8.06. The minimum atomic E-state index is -0.156. The summed E-state index contributed by atoms with van der Waals surface area (Å²) in [4.78, 5) is 27.4. The highest BCUT2D eigenvalue weighted by Gasteiger charge is 2.32. The van der Waals surface area contributed by atoms with Gasteiger partial charge in [-0.15, -0.1) is 0 Å². The molecule has 1 N–H and O–H groups in total. The number of hydrogen-bond donors (Lipinski definition) is 1. The van der Waals surface area contributed by atoms with Gasteiger partial charge in [-0.3, -0.25) is 9.59 Å². The van der Waals surface area contributed by atoms with E-state index in [1.54, 1.807) is 4.90 Å². The molecular formula is C24H26ClN3O2. The number of benzene rings is 2. The molecule has 2 heterocycles. The first-order chi connectivity index (χ1) is 14.4. The lowest BCUT2D eigenvalue weighted by atomic mass is 10.1. The molecule has 1 aliphatic heterocycles. The molecule has 1 aliphatic rings. The van der Waals surface area contributed by atoms with E-state index in [0.29, 0.717) is 36.8 Å². The molecule has 30 heavy (non-hydrogen) atoms. The normalized spacial score (nSPS) is 16.2. The number of nitrogens with one attached hydrogen (secondary N) is 1. The van der Waals surface area contributed by atoms with Gasteiger partial charge in [-0.05, 0) is 55.7 Å². The predicted octanol–water partition coefficient (Wildman–Crippen LogP) is 3.96. The van der Waals surface area contributed by atoms with Crippen LogP contribution in [-0.2, 0) is 18.3 Å². The molecule has 2 amide bonds. The number of aryl methyl sites for hydroxylation is 2. The Morgan fingerprint density at radius 3 is 2.67 bits per heavy atom. The molecule has 3 aromatic rings. The van der Waals surface area contributed by atoms with Crippen LogP contribution in [0.4, 0.5) is 0 Å². The molecule has 1 atom stereocenters. The van der Waals surface area contributed by atoms with Gasteiger partial charge in [0.05, 0.1) is 5.92 Å². The van der Waals surface area contributed by atoms with E-state index >= 15 is 0 Å². The van der Waals surface area contributed by atoms with Crippen molar-refractivity contribution in [1.29, 1.82) is 0 Å². The molecule has 4 rings (SSSR count). The van der Waals surface area contributed by atoms with Gasteiger partial charge in [-0.25, -0.2) is 0 Å². The standard InChI is InChI=1S/C24H26ClN3O2/c1-16-3-8-21-19(13-16)14-22(27(21)2)24(30)28-12-10-18(15-28)23(29)26-11-9-17-4-6-20(25)7-5-17/h3-8,13-14,18H,9-12,15H2,1-2H3,(H,26,29)/t18-/m0/s1. The lowest BCUT2D eigenvalue weighted by Crippen LogP contribution is -2.35. The van der Waals surface area contributed by atoms with Gasteiger partial charge in [0, 0.05) is 42.6 Å². The predicted molar refractivity (Wildman–Crippen MR) is 120 cm³/mol. The Labute approximate surface area is 181 Å². The fraction of sp³-hybridized carbons (Fsp3) is 0.333. The molecule has 1 aromatic heterocycles. The second-order valence-corrected chi connectivity index (χ2v) is 8.49. The third-order valence-electron chi connectivity index (χ3n) is 5.89. The number of amides is 2. The highest BCUT2D eigenvalue weighted by atomic mass is 35.5. The number of carbonyl (C=O) groups is 2. The summed E-state index contributed by atoms with van der Waals surface area (Å²) in [5, 5.41) is 4.79. The number of hydrogen-bond acceptors (Lipinski definition) is 2. The van der Waals surface area contributed by atoms with E-state index in [1.165, 1.54) is 5.56 Å². The zero-order valence-corrected chi connectivity index (χ0v) is 18.1. The van der Waals surface area contributed by atoms with Gasteiger partial charge < -0.3 is 14.8 Å². The molecule has 0 radical (unpaired) electrons. The zero-order valence-electron chi connectivity index (χ0n) is 17.3. The lowest BCUT2D eigenvalue weighted by molar-refractivity contribution is -0.124. The van der Waals surface area contributed by atoms with Crippen LogP contribution in [0.25, 0.3) is 10.9 Å². The summed E-state index contributed by atoms with van der Waals surface area (Å²) in [5.41, 5.74) is 4.01. The quantitative estimate of drug-likeness (QED) is 0.675. The van der Waals surface area contributed by atoms with Crippen molar-refractivity contribution in [3.05, 3.63) is 70.4 Å². The highest BCUT2D eigenvalue weighted by Crippen LogP contribution is 2.24. The number of rotatable bonds is 5. The first-order valence-electron chi connectivity index (χ1n) is 10.3. The largest absolute Gasteiger partial charge is 0.355 e. The number of aromatic nitrogens is 1. The smallest absolute Gasteiger partial charge is 0.270 e. The number of likely N-dealkylation sites (tertiary alicyclic amines) is 1. The van der Waals surface area contributed by atoms with Gasteiger partial charge in [-0.1, -0.05) is 35.4 Å². The van der Waals surface area contributed by atoms with Gasteiger partial charge in [-0.2, -0.15) is 0 Å². The van der Waals surface area contributed by atoms with Crippen molar-refractivity contribution >= 4 is 34.3 Å². The number of fused-ring (bicyclic) bond motifs is 1.